The first-order valence-corrected chi connectivity index (χ1v) is 7.67. The quantitative estimate of drug-likeness (QED) is 0.277. The number of hydrogen-bond donors (Lipinski definition) is 2. The topological polar surface area (TPSA) is 58.8 Å². The van der Waals surface area contributed by atoms with Crippen LogP contribution in [0.4, 0.5) is 0 Å². The number of methoxy groups -OCH3 is 1. The summed E-state index contributed by atoms with van der Waals surface area (Å²) in [7, 11) is 1.71. The fourth-order valence-electron chi connectivity index (χ4n) is 1.65. The van der Waals surface area contributed by atoms with Crippen molar-refractivity contribution in [1.29, 1.82) is 0 Å². The summed E-state index contributed by atoms with van der Waals surface area (Å²) in [6.07, 6.45) is 4.84. The predicted octanol–water partition coefficient (Wildman–Crippen LogP) is 3.20. The van der Waals surface area contributed by atoms with Crippen molar-refractivity contribution in [2.24, 2.45) is 4.99 Å². The van der Waals surface area contributed by atoms with Crippen LogP contribution in [-0.2, 0) is 11.2 Å². The molecular weight excluding hydrogens is 393 g/mol. The number of unbranched alkanes of at least 4 members (excludes halogenated alkanes) is 1. The highest BCUT2D eigenvalue weighted by molar-refractivity contribution is 14.0. The van der Waals surface area contributed by atoms with Crippen LogP contribution in [0.5, 0.6) is 0 Å². The Morgan fingerprint density at radius 2 is 2.05 bits per heavy atom. The van der Waals surface area contributed by atoms with E-state index in [1.54, 1.807) is 13.4 Å². The smallest absolute Gasteiger partial charge is 0.191 e. The fraction of sp³-hybridized carbons (Fsp3) is 0.688. The van der Waals surface area contributed by atoms with Crippen molar-refractivity contribution in [3.63, 3.8) is 0 Å². The Balaban J connectivity index is 0.00000441. The lowest BCUT2D eigenvalue weighted by molar-refractivity contribution is 0.0310. The van der Waals surface area contributed by atoms with Crippen LogP contribution < -0.4 is 10.6 Å². The molecule has 0 saturated carbocycles. The highest BCUT2D eigenvalue weighted by Crippen LogP contribution is 2.07. The number of ether oxygens (including phenoxy) is 1. The maximum absolute atomic E-state index is 5.40. The highest BCUT2D eigenvalue weighted by atomic mass is 127. The molecule has 0 aliphatic carbocycles. The zero-order valence-corrected chi connectivity index (χ0v) is 16.5. The molecule has 0 bridgehead atoms. The summed E-state index contributed by atoms with van der Waals surface area (Å²) in [6.45, 7) is 8.57. The molecular formula is C16H30IN3O2. The van der Waals surface area contributed by atoms with Gasteiger partial charge < -0.3 is 19.8 Å². The van der Waals surface area contributed by atoms with Crippen LogP contribution in [0.25, 0.3) is 0 Å². The van der Waals surface area contributed by atoms with Crippen LogP contribution in [0.1, 0.15) is 39.4 Å². The minimum absolute atomic E-state index is 0. The number of hydrogen-bond acceptors (Lipinski definition) is 3. The average Bonchev–Trinajstić information content (AvgIpc) is 2.98. The van der Waals surface area contributed by atoms with E-state index in [-0.39, 0.29) is 29.6 Å². The summed E-state index contributed by atoms with van der Waals surface area (Å²) in [5, 5.41) is 6.69. The molecule has 0 unspecified atom stereocenters. The normalized spacial score (nSPS) is 11.9. The van der Waals surface area contributed by atoms with Crippen molar-refractivity contribution in [1.82, 2.24) is 10.6 Å². The highest BCUT2D eigenvalue weighted by Gasteiger charge is 2.15. The SMILES string of the molecule is CCCCNC(=NCC(C)(C)OC)NCCc1ccco1.I. The monoisotopic (exact) mass is 423 g/mol. The van der Waals surface area contributed by atoms with Crippen LogP contribution >= 0.6 is 24.0 Å². The largest absolute Gasteiger partial charge is 0.469 e. The summed E-state index contributed by atoms with van der Waals surface area (Å²) >= 11 is 0. The van der Waals surface area contributed by atoms with Crippen molar-refractivity contribution in [2.75, 3.05) is 26.7 Å². The van der Waals surface area contributed by atoms with E-state index in [2.05, 4.69) is 22.5 Å². The predicted molar refractivity (Wildman–Crippen MR) is 102 cm³/mol. The minimum atomic E-state index is -0.250. The van der Waals surface area contributed by atoms with E-state index in [1.807, 2.05) is 26.0 Å². The summed E-state index contributed by atoms with van der Waals surface area (Å²) in [6, 6.07) is 3.89. The first kappa shape index (κ1) is 21.2. The Bertz CT molecular complexity index is 406. The Kier molecular flexibility index (Phi) is 11.4. The van der Waals surface area contributed by atoms with Gasteiger partial charge in [-0.25, -0.2) is 0 Å². The molecule has 1 aromatic heterocycles. The number of rotatable bonds is 9. The zero-order chi connectivity index (χ0) is 15.6. The van der Waals surface area contributed by atoms with E-state index < -0.39 is 0 Å². The van der Waals surface area contributed by atoms with Gasteiger partial charge in [0.2, 0.25) is 0 Å². The van der Waals surface area contributed by atoms with Crippen molar-refractivity contribution in [3.05, 3.63) is 24.2 Å². The number of halogens is 1. The molecule has 128 valence electrons. The summed E-state index contributed by atoms with van der Waals surface area (Å²) in [5.41, 5.74) is -0.250. The molecule has 2 N–H and O–H groups in total. The van der Waals surface area contributed by atoms with Gasteiger partial charge in [-0.2, -0.15) is 0 Å². The van der Waals surface area contributed by atoms with Crippen LogP contribution in [0.3, 0.4) is 0 Å². The number of nitrogens with zero attached hydrogens (tertiary/aromatic N) is 1. The number of furan rings is 1. The molecule has 0 saturated heterocycles. The van der Waals surface area contributed by atoms with E-state index in [1.165, 1.54) is 0 Å². The maximum Gasteiger partial charge on any atom is 0.191 e. The van der Waals surface area contributed by atoms with E-state index in [9.17, 15) is 0 Å². The van der Waals surface area contributed by atoms with Gasteiger partial charge in [0.25, 0.3) is 0 Å². The van der Waals surface area contributed by atoms with Gasteiger partial charge >= 0.3 is 0 Å². The van der Waals surface area contributed by atoms with Gasteiger partial charge in [0.05, 0.1) is 18.4 Å². The minimum Gasteiger partial charge on any atom is -0.469 e. The van der Waals surface area contributed by atoms with Gasteiger partial charge in [-0.3, -0.25) is 4.99 Å². The summed E-state index contributed by atoms with van der Waals surface area (Å²) < 4.78 is 10.7. The first-order valence-electron chi connectivity index (χ1n) is 7.67. The average molecular weight is 423 g/mol. The van der Waals surface area contributed by atoms with Gasteiger partial charge in [0, 0.05) is 26.6 Å². The van der Waals surface area contributed by atoms with Gasteiger partial charge in [-0.05, 0) is 32.4 Å². The number of guanidine groups is 1. The molecule has 0 radical (unpaired) electrons. The fourth-order valence-corrected chi connectivity index (χ4v) is 1.65. The third-order valence-electron chi connectivity index (χ3n) is 3.24. The van der Waals surface area contributed by atoms with E-state index in [4.69, 9.17) is 9.15 Å². The van der Waals surface area contributed by atoms with Crippen molar-refractivity contribution >= 4 is 29.9 Å². The number of nitrogens with one attached hydrogen (secondary N) is 2. The second kappa shape index (κ2) is 11.8. The second-order valence-corrected chi connectivity index (χ2v) is 5.67. The summed E-state index contributed by atoms with van der Waals surface area (Å²) in [5.74, 6) is 1.81. The van der Waals surface area contributed by atoms with Gasteiger partial charge in [0.15, 0.2) is 5.96 Å². The third kappa shape index (κ3) is 9.30. The Morgan fingerprint density at radius 3 is 2.64 bits per heavy atom. The molecule has 1 heterocycles. The molecule has 0 fully saturated rings. The zero-order valence-electron chi connectivity index (χ0n) is 14.1. The van der Waals surface area contributed by atoms with E-state index in [0.29, 0.717) is 6.54 Å². The van der Waals surface area contributed by atoms with Gasteiger partial charge in [-0.1, -0.05) is 13.3 Å². The van der Waals surface area contributed by atoms with Gasteiger partial charge in [0.1, 0.15) is 5.76 Å². The molecule has 0 aliphatic rings. The third-order valence-corrected chi connectivity index (χ3v) is 3.24. The second-order valence-electron chi connectivity index (χ2n) is 5.67. The van der Waals surface area contributed by atoms with E-state index in [0.717, 1.165) is 44.1 Å². The van der Waals surface area contributed by atoms with Crippen molar-refractivity contribution in [2.45, 2.75) is 45.6 Å². The molecule has 0 spiro atoms. The summed E-state index contributed by atoms with van der Waals surface area (Å²) in [4.78, 5) is 4.60. The number of aliphatic imine (C=N–C) groups is 1. The molecule has 0 amide bonds. The lowest BCUT2D eigenvalue weighted by atomic mass is 10.1. The van der Waals surface area contributed by atoms with E-state index >= 15 is 0 Å². The lowest BCUT2D eigenvalue weighted by Gasteiger charge is -2.21. The van der Waals surface area contributed by atoms with Crippen LogP contribution in [0.2, 0.25) is 0 Å². The Morgan fingerprint density at radius 1 is 1.32 bits per heavy atom. The molecule has 0 atom stereocenters. The van der Waals surface area contributed by atoms with Crippen LogP contribution in [-0.4, -0.2) is 38.3 Å². The molecule has 5 nitrogen and oxygen atoms in total. The standard InChI is InChI=1S/C16H29N3O2.HI/c1-5-6-10-17-15(19-13-16(2,3)20-4)18-11-9-14-8-7-12-21-14;/h7-8,12H,5-6,9-11,13H2,1-4H3,(H2,17,18,19);1H. The molecule has 6 heteroatoms. The lowest BCUT2D eigenvalue weighted by Crippen LogP contribution is -2.40. The molecule has 1 rings (SSSR count). The maximum atomic E-state index is 5.40. The van der Waals surface area contributed by atoms with Crippen molar-refractivity contribution in [3.8, 4) is 0 Å². The van der Waals surface area contributed by atoms with Crippen molar-refractivity contribution < 1.29 is 9.15 Å². The van der Waals surface area contributed by atoms with Crippen LogP contribution in [0, 0.1) is 0 Å². The molecule has 0 aromatic carbocycles. The van der Waals surface area contributed by atoms with Crippen LogP contribution in [0.15, 0.2) is 27.8 Å². The Labute approximate surface area is 151 Å². The molecule has 0 aliphatic heterocycles. The molecule has 22 heavy (non-hydrogen) atoms. The van der Waals surface area contributed by atoms with Gasteiger partial charge in [-0.15, -0.1) is 24.0 Å². The molecule has 1 aromatic rings. The first-order chi connectivity index (χ1) is 10.1. The Hall–Kier alpha value is -0.760.